The molecule has 37 heavy (non-hydrogen) atoms. The molecular formula is C29H26N6O2. The largest absolute Gasteiger partial charge is 0.465 e. The number of nitrogen functional groups attached to an aromatic ring is 1. The number of hydrogen-bond donors (Lipinski definition) is 2. The van der Waals surface area contributed by atoms with Crippen LogP contribution in [0.2, 0.25) is 0 Å². The molecule has 5 rings (SSSR count). The predicted octanol–water partition coefficient (Wildman–Crippen LogP) is 5.04. The van der Waals surface area contributed by atoms with E-state index in [1.54, 1.807) is 18.2 Å². The molecule has 0 spiro atoms. The van der Waals surface area contributed by atoms with Crippen LogP contribution in [0.25, 0.3) is 22.5 Å². The summed E-state index contributed by atoms with van der Waals surface area (Å²) in [6.45, 7) is 1.08. The molecule has 0 radical (unpaired) electrons. The highest BCUT2D eigenvalue weighted by atomic mass is 16.5. The van der Waals surface area contributed by atoms with Gasteiger partial charge in [0.2, 0.25) is 0 Å². The fraction of sp³-hybridized carbons (Fsp3) is 0.103. The summed E-state index contributed by atoms with van der Waals surface area (Å²) in [4.78, 5) is 12.1. The van der Waals surface area contributed by atoms with Gasteiger partial charge >= 0.3 is 5.97 Å². The lowest BCUT2D eigenvalue weighted by Gasteiger charge is -2.14. The van der Waals surface area contributed by atoms with Crippen molar-refractivity contribution in [3.63, 3.8) is 0 Å². The van der Waals surface area contributed by atoms with Crippen molar-refractivity contribution in [3.8, 4) is 22.5 Å². The molecule has 0 fully saturated rings. The third-order valence-corrected chi connectivity index (χ3v) is 6.11. The van der Waals surface area contributed by atoms with Gasteiger partial charge in [-0.25, -0.2) is 9.48 Å². The van der Waals surface area contributed by atoms with Crippen LogP contribution in [0.1, 0.15) is 21.5 Å². The summed E-state index contributed by atoms with van der Waals surface area (Å²) < 4.78 is 6.70. The number of methoxy groups -OCH3 is 1. The van der Waals surface area contributed by atoms with E-state index in [0.29, 0.717) is 35.9 Å². The summed E-state index contributed by atoms with van der Waals surface area (Å²) in [6.07, 6.45) is 0. The summed E-state index contributed by atoms with van der Waals surface area (Å²) in [6, 6.07) is 31.6. The van der Waals surface area contributed by atoms with E-state index in [9.17, 15) is 4.79 Å². The average Bonchev–Trinajstić information content (AvgIpc) is 3.40. The number of aromatic nitrogens is 4. The van der Waals surface area contributed by atoms with Crippen LogP contribution in [0.5, 0.6) is 0 Å². The minimum atomic E-state index is -0.434. The standard InChI is InChI=1S/C29H26N6O2/c1-37-29(36)25-12-7-13-26(30)27(25)31-18-20-14-16-22(17-15-20)23-10-5-6-11-24(23)28-32-33-34-35(28)19-21-8-3-2-4-9-21/h2-17,31H,18-19,30H2,1H3. The number of tetrazole rings is 1. The van der Waals surface area contributed by atoms with E-state index >= 15 is 0 Å². The van der Waals surface area contributed by atoms with Crippen LogP contribution in [0.3, 0.4) is 0 Å². The van der Waals surface area contributed by atoms with E-state index < -0.39 is 5.97 Å². The van der Waals surface area contributed by atoms with E-state index in [4.69, 9.17) is 10.5 Å². The number of para-hydroxylation sites is 1. The number of carbonyl (C=O) groups excluding carboxylic acids is 1. The van der Waals surface area contributed by atoms with Gasteiger partial charge in [0.15, 0.2) is 5.82 Å². The number of rotatable bonds is 8. The minimum Gasteiger partial charge on any atom is -0.465 e. The fourth-order valence-electron chi connectivity index (χ4n) is 4.23. The summed E-state index contributed by atoms with van der Waals surface area (Å²) in [7, 11) is 1.35. The third kappa shape index (κ3) is 5.18. The van der Waals surface area contributed by atoms with Gasteiger partial charge in [0.05, 0.1) is 30.6 Å². The maximum absolute atomic E-state index is 12.1. The first-order valence-corrected chi connectivity index (χ1v) is 11.8. The molecule has 0 saturated carbocycles. The maximum atomic E-state index is 12.1. The Hall–Kier alpha value is -4.98. The van der Waals surface area contributed by atoms with Gasteiger partial charge in [-0.1, -0.05) is 84.9 Å². The molecule has 0 aliphatic rings. The fourth-order valence-corrected chi connectivity index (χ4v) is 4.23. The average molecular weight is 491 g/mol. The van der Waals surface area contributed by atoms with Crippen LogP contribution in [0.4, 0.5) is 11.4 Å². The van der Waals surface area contributed by atoms with Crippen molar-refractivity contribution in [1.82, 2.24) is 20.2 Å². The third-order valence-electron chi connectivity index (χ3n) is 6.11. The van der Waals surface area contributed by atoms with Gasteiger partial charge in [0.25, 0.3) is 0 Å². The number of carbonyl (C=O) groups is 1. The predicted molar refractivity (Wildman–Crippen MR) is 144 cm³/mol. The Morgan fingerprint density at radius 1 is 0.865 bits per heavy atom. The highest BCUT2D eigenvalue weighted by Gasteiger charge is 2.16. The van der Waals surface area contributed by atoms with Crippen LogP contribution in [0.15, 0.2) is 97.1 Å². The second-order valence-corrected chi connectivity index (χ2v) is 8.50. The van der Waals surface area contributed by atoms with Crippen molar-refractivity contribution >= 4 is 17.3 Å². The van der Waals surface area contributed by atoms with Crippen molar-refractivity contribution < 1.29 is 9.53 Å². The molecule has 4 aromatic carbocycles. The zero-order chi connectivity index (χ0) is 25.6. The van der Waals surface area contributed by atoms with Gasteiger partial charge in [-0.3, -0.25) is 0 Å². The number of hydrogen-bond acceptors (Lipinski definition) is 7. The van der Waals surface area contributed by atoms with Gasteiger partial charge in [-0.15, -0.1) is 5.10 Å². The lowest BCUT2D eigenvalue weighted by atomic mass is 9.98. The first kappa shape index (κ1) is 23.7. The van der Waals surface area contributed by atoms with Crippen LogP contribution in [-0.2, 0) is 17.8 Å². The Bertz CT molecular complexity index is 1510. The van der Waals surface area contributed by atoms with Gasteiger partial charge in [-0.2, -0.15) is 0 Å². The number of esters is 1. The Morgan fingerprint density at radius 2 is 1.59 bits per heavy atom. The lowest BCUT2D eigenvalue weighted by molar-refractivity contribution is 0.0602. The summed E-state index contributed by atoms with van der Waals surface area (Å²) in [5.41, 5.74) is 12.8. The highest BCUT2D eigenvalue weighted by Crippen LogP contribution is 2.31. The monoisotopic (exact) mass is 490 g/mol. The van der Waals surface area contributed by atoms with Gasteiger partial charge in [0.1, 0.15) is 0 Å². The Labute approximate surface area is 214 Å². The lowest BCUT2D eigenvalue weighted by Crippen LogP contribution is -2.10. The van der Waals surface area contributed by atoms with Crippen LogP contribution >= 0.6 is 0 Å². The summed E-state index contributed by atoms with van der Waals surface area (Å²) in [5.74, 6) is 0.274. The first-order chi connectivity index (χ1) is 18.1. The number of nitrogens with one attached hydrogen (secondary N) is 1. The molecule has 5 aromatic rings. The van der Waals surface area contributed by atoms with Crippen molar-refractivity contribution in [2.24, 2.45) is 0 Å². The van der Waals surface area contributed by atoms with E-state index in [2.05, 4.69) is 51.2 Å². The molecule has 0 aliphatic heterocycles. The number of nitrogens with two attached hydrogens (primary N) is 1. The summed E-state index contributed by atoms with van der Waals surface area (Å²) >= 11 is 0. The Kier molecular flexibility index (Phi) is 6.89. The van der Waals surface area contributed by atoms with E-state index in [-0.39, 0.29) is 0 Å². The topological polar surface area (TPSA) is 108 Å². The number of ether oxygens (including phenoxy) is 1. The van der Waals surface area contributed by atoms with Crippen LogP contribution in [-0.4, -0.2) is 33.3 Å². The number of benzene rings is 4. The smallest absolute Gasteiger partial charge is 0.340 e. The SMILES string of the molecule is COC(=O)c1cccc(N)c1NCc1ccc(-c2ccccc2-c2nnnn2Cc2ccccc2)cc1. The quantitative estimate of drug-likeness (QED) is 0.232. The molecule has 0 aliphatic carbocycles. The second-order valence-electron chi connectivity index (χ2n) is 8.50. The normalized spacial score (nSPS) is 10.7. The van der Waals surface area contributed by atoms with Gasteiger partial charge in [0, 0.05) is 12.1 Å². The van der Waals surface area contributed by atoms with Crippen molar-refractivity contribution in [3.05, 3.63) is 114 Å². The number of anilines is 2. The van der Waals surface area contributed by atoms with Gasteiger partial charge < -0.3 is 15.8 Å². The second kappa shape index (κ2) is 10.7. The molecule has 0 unspecified atom stereocenters. The molecular weight excluding hydrogens is 464 g/mol. The molecule has 184 valence electrons. The summed E-state index contributed by atoms with van der Waals surface area (Å²) in [5, 5.41) is 15.8. The van der Waals surface area contributed by atoms with Crippen molar-refractivity contribution in [2.45, 2.75) is 13.1 Å². The molecule has 8 heteroatoms. The van der Waals surface area contributed by atoms with Crippen LogP contribution in [0, 0.1) is 0 Å². The van der Waals surface area contributed by atoms with Crippen LogP contribution < -0.4 is 11.1 Å². The zero-order valence-electron chi connectivity index (χ0n) is 20.3. The van der Waals surface area contributed by atoms with E-state index in [0.717, 1.165) is 27.8 Å². The molecule has 0 atom stereocenters. The Balaban J connectivity index is 1.38. The molecule has 1 heterocycles. The van der Waals surface area contributed by atoms with Gasteiger partial charge in [-0.05, 0) is 44.8 Å². The van der Waals surface area contributed by atoms with E-state index in [1.165, 1.54) is 7.11 Å². The molecule has 0 saturated heterocycles. The molecule has 1 aromatic heterocycles. The zero-order valence-corrected chi connectivity index (χ0v) is 20.3. The first-order valence-electron chi connectivity index (χ1n) is 11.8. The number of nitrogens with zero attached hydrogens (tertiary/aromatic N) is 4. The Morgan fingerprint density at radius 3 is 2.35 bits per heavy atom. The maximum Gasteiger partial charge on any atom is 0.340 e. The van der Waals surface area contributed by atoms with E-state index in [1.807, 2.05) is 53.2 Å². The van der Waals surface area contributed by atoms with Crippen molar-refractivity contribution in [1.29, 1.82) is 0 Å². The molecule has 0 amide bonds. The molecule has 8 nitrogen and oxygen atoms in total. The van der Waals surface area contributed by atoms with Crippen molar-refractivity contribution in [2.75, 3.05) is 18.2 Å². The molecule has 3 N–H and O–H groups in total. The highest BCUT2D eigenvalue weighted by molar-refractivity contribution is 5.98. The minimum absolute atomic E-state index is 0.404. The molecule has 0 bridgehead atoms.